The molecule has 4 heterocycles. The van der Waals surface area contributed by atoms with Gasteiger partial charge < -0.3 is 4.74 Å². The zero-order valence-electron chi connectivity index (χ0n) is 57.9. The van der Waals surface area contributed by atoms with E-state index in [0.29, 0.717) is 67.2 Å². The molecule has 13 aromatic rings. The number of hydrogen-bond acceptors (Lipinski definition) is 2. The van der Waals surface area contributed by atoms with Gasteiger partial charge >= 0.3 is 0 Å². The normalized spacial score (nSPS) is 14.1. The van der Waals surface area contributed by atoms with E-state index in [2.05, 4.69) is 138 Å². The van der Waals surface area contributed by atoms with Gasteiger partial charge in [-0.1, -0.05) is 232 Å². The third-order valence-corrected chi connectivity index (χ3v) is 16.2. The molecule has 14 rings (SSSR count). The summed E-state index contributed by atoms with van der Waals surface area (Å²) >= 11 is 0. The van der Waals surface area contributed by atoms with Gasteiger partial charge in [-0.25, -0.2) is 4.98 Å². The summed E-state index contributed by atoms with van der Waals surface area (Å²) in [6, 6.07) is 52.2. The summed E-state index contributed by atoms with van der Waals surface area (Å²) in [5.74, 6) is 1.89. The predicted molar refractivity (Wildman–Crippen MR) is 345 cm³/mol. The summed E-state index contributed by atoms with van der Waals surface area (Å²) in [5, 5.41) is 2.12. The highest BCUT2D eigenvalue weighted by Crippen LogP contribution is 2.50. The summed E-state index contributed by atoms with van der Waals surface area (Å²) in [5.41, 5.74) is 13.8. The maximum absolute atomic E-state index is 9.48. The monoisotopic (exact) mass is 1080 g/mol. The summed E-state index contributed by atoms with van der Waals surface area (Å²) in [6.45, 7) is 19.8. The fourth-order valence-corrected chi connectivity index (χ4v) is 11.9. The lowest BCUT2D eigenvalue weighted by atomic mass is 9.78. The maximum atomic E-state index is 9.48. The minimum Gasteiger partial charge on any atom is -0.458 e. The van der Waals surface area contributed by atoms with Crippen molar-refractivity contribution in [3.8, 4) is 95.5 Å². The first-order valence-electron chi connectivity index (χ1n) is 33.2. The molecule has 0 fully saturated rings. The molecule has 5 nitrogen and oxygen atoms in total. The van der Waals surface area contributed by atoms with Crippen LogP contribution < -0.4 is 9.30 Å². The second kappa shape index (κ2) is 19.6. The highest BCUT2D eigenvalue weighted by Gasteiger charge is 2.30. The van der Waals surface area contributed by atoms with E-state index < -0.39 is 36.3 Å². The van der Waals surface area contributed by atoms with E-state index in [1.54, 1.807) is 0 Å². The standard InChI is InChI=1S/C78H66N4O/c1-76(2,3)54-39-40-79-72(46-54)82-69-36-19-18-30-63(69)64-38-37-59(48-70(64)82)83-58-28-20-27-57(47-58)80-49-81-74-61(53-41-55(77(4,5)6)45-56(42-53)78(7,8)9)33-22-35-67(74)66-34-21-32-60(51-25-14-11-15-26-51)73(66)65-31-17-16-29-62(65)68-43-52(44-71(80)75(68)81)50-23-12-10-13-24-50/h10-48H,1-9H3/i10D,11D,12D,13D,14D,15D,23D,24D,25D,26D. The van der Waals surface area contributed by atoms with E-state index in [4.69, 9.17) is 17.9 Å². The van der Waals surface area contributed by atoms with E-state index in [9.17, 15) is 5.48 Å². The molecular weight excluding hydrogens is 1010 g/mol. The van der Waals surface area contributed by atoms with Crippen LogP contribution >= 0.6 is 0 Å². The van der Waals surface area contributed by atoms with Crippen LogP contribution in [0.2, 0.25) is 0 Å². The number of fused-ring (bicyclic) bond motifs is 10. The first kappa shape index (κ1) is 41.4. The average molecular weight is 1090 g/mol. The van der Waals surface area contributed by atoms with Crippen LogP contribution in [0.1, 0.15) is 92.7 Å². The van der Waals surface area contributed by atoms with Gasteiger partial charge in [0, 0.05) is 23.0 Å². The number of nitrogens with zero attached hydrogens (tertiary/aromatic N) is 4. The molecule has 0 spiro atoms. The number of rotatable bonds is 7. The van der Waals surface area contributed by atoms with Gasteiger partial charge in [0.1, 0.15) is 17.3 Å². The smallest absolute Gasteiger partial charge is 0.269 e. The first-order valence-corrected chi connectivity index (χ1v) is 28.2. The van der Waals surface area contributed by atoms with Gasteiger partial charge in [0.15, 0.2) is 0 Å². The Bertz CT molecular complexity index is 5240. The van der Waals surface area contributed by atoms with Crippen molar-refractivity contribution in [2.75, 3.05) is 0 Å². The van der Waals surface area contributed by atoms with Crippen molar-refractivity contribution in [1.29, 1.82) is 0 Å². The van der Waals surface area contributed by atoms with Crippen LogP contribution in [0.25, 0.3) is 117 Å². The van der Waals surface area contributed by atoms with Crippen LogP contribution in [0.4, 0.5) is 0 Å². The molecule has 0 unspecified atom stereocenters. The molecule has 0 bridgehead atoms. The Morgan fingerprint density at radius 2 is 1.05 bits per heavy atom. The molecule has 0 atom stereocenters. The molecule has 0 aliphatic carbocycles. The zero-order chi connectivity index (χ0) is 65.6. The maximum Gasteiger partial charge on any atom is 0.269 e. The minimum absolute atomic E-state index is 0.00367. The van der Waals surface area contributed by atoms with Crippen molar-refractivity contribution < 1.29 is 23.0 Å². The topological polar surface area (TPSA) is 35.9 Å². The largest absolute Gasteiger partial charge is 0.458 e. The number of benzene rings is 10. The molecule has 3 aromatic heterocycles. The summed E-state index contributed by atoms with van der Waals surface area (Å²) in [7, 11) is 0. The van der Waals surface area contributed by atoms with E-state index in [1.165, 1.54) is 0 Å². The van der Waals surface area contributed by atoms with Gasteiger partial charge in [0.25, 0.3) is 6.33 Å². The minimum atomic E-state index is -0.518. The quantitative estimate of drug-likeness (QED) is 0.118. The summed E-state index contributed by atoms with van der Waals surface area (Å²) < 4.78 is 104. The molecule has 0 amide bonds. The molecule has 10 aromatic carbocycles. The fraction of sp³-hybridized carbons (Fsp3) is 0.154. The molecule has 404 valence electrons. The van der Waals surface area contributed by atoms with Gasteiger partial charge in [-0.05, 0) is 154 Å². The number of aromatic nitrogens is 4. The molecule has 0 N–H and O–H groups in total. The molecular formula is C78H66N4O. The van der Waals surface area contributed by atoms with Gasteiger partial charge in [-0.3, -0.25) is 13.7 Å². The van der Waals surface area contributed by atoms with Crippen LogP contribution in [0.5, 0.6) is 11.5 Å². The molecule has 0 saturated carbocycles. The van der Waals surface area contributed by atoms with E-state index >= 15 is 0 Å². The third-order valence-electron chi connectivity index (χ3n) is 16.2. The van der Waals surface area contributed by atoms with Crippen LogP contribution in [0, 0.1) is 6.33 Å². The highest BCUT2D eigenvalue weighted by molar-refractivity contribution is 6.10. The SMILES string of the molecule is [2H]c1c([2H])c([2H])c(-c2cc3c4c(c2)n(-c2cccc(Oc5ccc6c7ccccc7n(-c7cc(C(C)(C)C)ccn7)c6c5)c2)[c-][n+]4-c2c(-c4cc(C(C)(C)C)cc(C(C)(C)C)c4)cccc2-c2cccc(-c4c([2H])c([2H])c([2H])c([2H])c4[2H])c2-c2ccccc2-3)c([2H])c1[2H]. The first-order chi connectivity index (χ1) is 44.2. The Kier molecular flexibility index (Phi) is 9.76. The van der Waals surface area contributed by atoms with Crippen molar-refractivity contribution in [2.24, 2.45) is 0 Å². The average Bonchev–Trinajstić information content (AvgIpc) is 1.61. The van der Waals surface area contributed by atoms with Crippen molar-refractivity contribution >= 4 is 32.8 Å². The number of para-hydroxylation sites is 2. The Hall–Kier alpha value is -9.58. The Morgan fingerprint density at radius 3 is 1.78 bits per heavy atom. The molecule has 1 aliphatic heterocycles. The molecule has 0 saturated heterocycles. The lowest BCUT2D eigenvalue weighted by Gasteiger charge is -2.27. The van der Waals surface area contributed by atoms with Crippen LogP contribution in [0.3, 0.4) is 0 Å². The second-order valence-corrected chi connectivity index (χ2v) is 24.7. The number of imidazole rings is 1. The van der Waals surface area contributed by atoms with Gasteiger partial charge in [0.2, 0.25) is 0 Å². The molecule has 83 heavy (non-hydrogen) atoms. The number of pyridine rings is 1. The summed E-state index contributed by atoms with van der Waals surface area (Å²) in [6.07, 6.45) is 5.76. The van der Waals surface area contributed by atoms with E-state index in [-0.39, 0.29) is 51.5 Å². The summed E-state index contributed by atoms with van der Waals surface area (Å²) in [4.78, 5) is 4.92. The lowest BCUT2D eigenvalue weighted by Crippen LogP contribution is -2.32. The molecule has 5 heteroatoms. The predicted octanol–water partition coefficient (Wildman–Crippen LogP) is 20.2. The van der Waals surface area contributed by atoms with Gasteiger partial charge in [-0.2, -0.15) is 0 Å². The van der Waals surface area contributed by atoms with Crippen LogP contribution in [-0.4, -0.2) is 14.1 Å². The fourth-order valence-electron chi connectivity index (χ4n) is 11.9. The molecule has 1 aliphatic rings. The van der Waals surface area contributed by atoms with E-state index in [1.807, 2.05) is 120 Å². The van der Waals surface area contributed by atoms with Crippen LogP contribution in [-0.2, 0) is 16.2 Å². The van der Waals surface area contributed by atoms with Crippen molar-refractivity contribution in [1.82, 2.24) is 14.1 Å². The van der Waals surface area contributed by atoms with Crippen LogP contribution in [0.15, 0.2) is 236 Å². The Balaban J connectivity index is 1.09. The van der Waals surface area contributed by atoms with Crippen molar-refractivity contribution in [3.05, 3.63) is 259 Å². The van der Waals surface area contributed by atoms with E-state index in [0.717, 1.165) is 66.7 Å². The third kappa shape index (κ3) is 9.03. The van der Waals surface area contributed by atoms with Gasteiger partial charge in [-0.15, -0.1) is 0 Å². The Labute approximate surface area is 501 Å². The number of ether oxygens (including phenoxy) is 1. The second-order valence-electron chi connectivity index (χ2n) is 24.7. The lowest BCUT2D eigenvalue weighted by molar-refractivity contribution is -0.570. The molecule has 0 radical (unpaired) electrons. The van der Waals surface area contributed by atoms with Crippen molar-refractivity contribution in [2.45, 2.75) is 78.6 Å². The zero-order valence-corrected chi connectivity index (χ0v) is 47.9. The Morgan fingerprint density at radius 1 is 0.434 bits per heavy atom. The number of hydrogen-bond donors (Lipinski definition) is 0. The van der Waals surface area contributed by atoms with Gasteiger partial charge in [0.05, 0.1) is 47.1 Å². The van der Waals surface area contributed by atoms with Crippen molar-refractivity contribution in [3.63, 3.8) is 0 Å². The highest BCUT2D eigenvalue weighted by atomic mass is 16.5.